The van der Waals surface area contributed by atoms with E-state index < -0.39 is 15.8 Å². The minimum absolute atomic E-state index is 0.0362. The van der Waals surface area contributed by atoms with Crippen molar-refractivity contribution in [3.63, 3.8) is 0 Å². The van der Waals surface area contributed by atoms with Gasteiger partial charge in [-0.1, -0.05) is 0 Å². The van der Waals surface area contributed by atoms with Crippen LogP contribution in [0.25, 0.3) is 0 Å². The zero-order valence-corrected chi connectivity index (χ0v) is 11.6. The molecule has 6 nitrogen and oxygen atoms in total. The average Bonchev–Trinajstić information content (AvgIpc) is 2.68. The molecule has 0 aromatic rings. The topological polar surface area (TPSA) is 91.8 Å². The summed E-state index contributed by atoms with van der Waals surface area (Å²) in [5.41, 5.74) is 0. The van der Waals surface area contributed by atoms with Crippen LogP contribution < -0.4 is 0 Å². The molecule has 2 rings (SSSR count). The van der Waals surface area contributed by atoms with E-state index in [1.54, 1.807) is 4.90 Å². The first-order valence-corrected chi connectivity index (χ1v) is 8.40. The molecule has 0 spiro atoms. The number of nitrogens with zero attached hydrogens (tertiary/aromatic N) is 1. The molecule has 2 fully saturated rings. The molecule has 0 radical (unpaired) electrons. The molecule has 2 aliphatic heterocycles. The van der Waals surface area contributed by atoms with E-state index in [4.69, 9.17) is 5.11 Å². The SMILES string of the molecule is O=C(O)C1CCN(C(=O)CC2CCS(=O)(=O)C2)CC1. The number of likely N-dealkylation sites (tertiary alicyclic amines) is 1. The number of aliphatic carboxylic acids is 1. The molecule has 0 aromatic heterocycles. The smallest absolute Gasteiger partial charge is 0.306 e. The Bertz CT molecular complexity index is 465. The summed E-state index contributed by atoms with van der Waals surface area (Å²) in [6.45, 7) is 0.935. The molecule has 0 aromatic carbocycles. The molecule has 0 aliphatic carbocycles. The van der Waals surface area contributed by atoms with Gasteiger partial charge in [0.2, 0.25) is 5.91 Å². The van der Waals surface area contributed by atoms with Gasteiger partial charge in [-0.15, -0.1) is 0 Å². The summed E-state index contributed by atoms with van der Waals surface area (Å²) in [6, 6.07) is 0. The van der Waals surface area contributed by atoms with Gasteiger partial charge in [-0.05, 0) is 25.2 Å². The largest absolute Gasteiger partial charge is 0.481 e. The molecule has 108 valence electrons. The van der Waals surface area contributed by atoms with Gasteiger partial charge >= 0.3 is 5.97 Å². The number of piperidine rings is 1. The van der Waals surface area contributed by atoms with Gasteiger partial charge in [-0.2, -0.15) is 0 Å². The number of carbonyl (C=O) groups is 2. The third-order valence-electron chi connectivity index (χ3n) is 3.99. The molecule has 2 aliphatic rings. The van der Waals surface area contributed by atoms with Gasteiger partial charge in [0.05, 0.1) is 17.4 Å². The maximum Gasteiger partial charge on any atom is 0.306 e. The Kier molecular flexibility index (Phi) is 4.13. The van der Waals surface area contributed by atoms with Crippen LogP contribution in [0.1, 0.15) is 25.7 Å². The fraction of sp³-hybridized carbons (Fsp3) is 0.833. The molecule has 0 saturated carbocycles. The van der Waals surface area contributed by atoms with Gasteiger partial charge in [0.15, 0.2) is 9.84 Å². The standard InChI is InChI=1S/C12H19NO5S/c14-11(7-9-3-6-19(17,18)8-9)13-4-1-10(2-5-13)12(15)16/h9-10H,1-8H2,(H,15,16). The number of hydrogen-bond donors (Lipinski definition) is 1. The van der Waals surface area contributed by atoms with E-state index in [1.165, 1.54) is 0 Å². The lowest BCUT2D eigenvalue weighted by atomic mass is 9.96. The summed E-state index contributed by atoms with van der Waals surface area (Å²) in [5.74, 6) is -0.943. The second-order valence-electron chi connectivity index (χ2n) is 5.47. The van der Waals surface area contributed by atoms with Crippen molar-refractivity contribution in [1.82, 2.24) is 4.90 Å². The van der Waals surface area contributed by atoms with Crippen LogP contribution in [0, 0.1) is 11.8 Å². The summed E-state index contributed by atoms with van der Waals surface area (Å²) in [6.07, 6.45) is 1.82. The van der Waals surface area contributed by atoms with E-state index >= 15 is 0 Å². The van der Waals surface area contributed by atoms with E-state index in [1.807, 2.05) is 0 Å². The number of hydrogen-bond acceptors (Lipinski definition) is 4. The van der Waals surface area contributed by atoms with Crippen LogP contribution in [-0.2, 0) is 19.4 Å². The Morgan fingerprint density at radius 2 is 1.79 bits per heavy atom. The van der Waals surface area contributed by atoms with Crippen molar-refractivity contribution in [3.05, 3.63) is 0 Å². The first-order valence-electron chi connectivity index (χ1n) is 6.58. The lowest BCUT2D eigenvalue weighted by Gasteiger charge is -2.30. The van der Waals surface area contributed by atoms with Gasteiger partial charge < -0.3 is 10.0 Å². The van der Waals surface area contributed by atoms with Crippen LogP contribution in [0.3, 0.4) is 0 Å². The lowest BCUT2D eigenvalue weighted by Crippen LogP contribution is -2.40. The highest BCUT2D eigenvalue weighted by molar-refractivity contribution is 7.91. The molecule has 1 atom stereocenters. The molecular weight excluding hydrogens is 270 g/mol. The van der Waals surface area contributed by atoms with E-state index in [0.717, 1.165) is 0 Å². The second-order valence-corrected chi connectivity index (χ2v) is 7.70. The predicted octanol–water partition coefficient (Wildman–Crippen LogP) is 0.134. The van der Waals surface area contributed by atoms with Crippen molar-refractivity contribution in [1.29, 1.82) is 0 Å². The number of carboxylic acids is 1. The fourth-order valence-electron chi connectivity index (χ4n) is 2.78. The first kappa shape index (κ1) is 14.3. The Balaban J connectivity index is 1.81. The van der Waals surface area contributed by atoms with Crippen LogP contribution in [-0.4, -0.2) is 54.9 Å². The predicted molar refractivity (Wildman–Crippen MR) is 68.3 cm³/mol. The van der Waals surface area contributed by atoms with Crippen molar-refractivity contribution in [3.8, 4) is 0 Å². The van der Waals surface area contributed by atoms with Crippen molar-refractivity contribution in [2.24, 2.45) is 11.8 Å². The van der Waals surface area contributed by atoms with E-state index in [-0.39, 0.29) is 35.7 Å². The summed E-state index contributed by atoms with van der Waals surface area (Å²) in [7, 11) is -2.94. The zero-order chi connectivity index (χ0) is 14.0. The van der Waals surface area contributed by atoms with Crippen LogP contribution in [0.5, 0.6) is 0 Å². The van der Waals surface area contributed by atoms with Gasteiger partial charge in [0, 0.05) is 19.5 Å². The fourth-order valence-corrected chi connectivity index (χ4v) is 4.65. The van der Waals surface area contributed by atoms with Gasteiger partial charge in [0.1, 0.15) is 0 Å². The number of rotatable bonds is 3. The Labute approximate surface area is 112 Å². The Hall–Kier alpha value is -1.11. The highest BCUT2D eigenvalue weighted by Crippen LogP contribution is 2.24. The number of carbonyl (C=O) groups excluding carboxylic acids is 1. The van der Waals surface area contributed by atoms with Crippen LogP contribution in [0.4, 0.5) is 0 Å². The zero-order valence-electron chi connectivity index (χ0n) is 10.7. The molecule has 19 heavy (non-hydrogen) atoms. The monoisotopic (exact) mass is 289 g/mol. The Morgan fingerprint density at radius 3 is 2.26 bits per heavy atom. The van der Waals surface area contributed by atoms with Crippen molar-refractivity contribution in [2.45, 2.75) is 25.7 Å². The summed E-state index contributed by atoms with van der Waals surface area (Å²) < 4.78 is 22.7. The number of carboxylic acid groups (broad SMARTS) is 1. The summed E-state index contributed by atoms with van der Waals surface area (Å²) in [4.78, 5) is 24.5. The van der Waals surface area contributed by atoms with Crippen molar-refractivity contribution >= 4 is 21.7 Å². The number of amides is 1. The van der Waals surface area contributed by atoms with E-state index in [9.17, 15) is 18.0 Å². The molecule has 2 heterocycles. The highest BCUT2D eigenvalue weighted by Gasteiger charge is 2.32. The lowest BCUT2D eigenvalue weighted by molar-refractivity contribution is -0.145. The number of sulfone groups is 1. The average molecular weight is 289 g/mol. The van der Waals surface area contributed by atoms with Gasteiger partial charge in [-0.25, -0.2) is 8.42 Å². The van der Waals surface area contributed by atoms with Gasteiger partial charge in [0.25, 0.3) is 0 Å². The third kappa shape index (κ3) is 3.68. The molecule has 1 N–H and O–H groups in total. The van der Waals surface area contributed by atoms with Crippen LogP contribution in [0.2, 0.25) is 0 Å². The minimum Gasteiger partial charge on any atom is -0.481 e. The maximum atomic E-state index is 12.0. The van der Waals surface area contributed by atoms with Crippen LogP contribution >= 0.6 is 0 Å². The normalized spacial score (nSPS) is 27.4. The second kappa shape index (κ2) is 5.48. The quantitative estimate of drug-likeness (QED) is 0.797. The highest BCUT2D eigenvalue weighted by atomic mass is 32.2. The molecule has 1 amide bonds. The third-order valence-corrected chi connectivity index (χ3v) is 5.82. The van der Waals surface area contributed by atoms with E-state index in [2.05, 4.69) is 0 Å². The van der Waals surface area contributed by atoms with Crippen LogP contribution in [0.15, 0.2) is 0 Å². The molecule has 0 bridgehead atoms. The summed E-state index contributed by atoms with van der Waals surface area (Å²) in [5, 5.41) is 8.88. The molecule has 2 saturated heterocycles. The molecular formula is C12H19NO5S. The summed E-state index contributed by atoms with van der Waals surface area (Å²) >= 11 is 0. The van der Waals surface area contributed by atoms with Crippen molar-refractivity contribution < 1.29 is 23.1 Å². The molecule has 7 heteroatoms. The first-order chi connectivity index (χ1) is 8.87. The maximum absolute atomic E-state index is 12.0. The van der Waals surface area contributed by atoms with Gasteiger partial charge in [-0.3, -0.25) is 9.59 Å². The van der Waals surface area contributed by atoms with Crippen molar-refractivity contribution in [2.75, 3.05) is 24.6 Å². The minimum atomic E-state index is -2.94. The Morgan fingerprint density at radius 1 is 1.16 bits per heavy atom. The van der Waals surface area contributed by atoms with E-state index in [0.29, 0.717) is 32.4 Å². The molecule has 1 unspecified atom stereocenters.